The Kier molecular flexibility index (Phi) is 5.21. The summed E-state index contributed by atoms with van der Waals surface area (Å²) < 4.78 is 5.79. The van der Waals surface area contributed by atoms with E-state index < -0.39 is 23.4 Å². The van der Waals surface area contributed by atoms with Crippen LogP contribution in [-0.2, 0) is 14.4 Å². The second-order valence-electron chi connectivity index (χ2n) is 7.94. The number of amides is 5. The number of urea groups is 1. The van der Waals surface area contributed by atoms with Gasteiger partial charge in [0.15, 0.2) is 0 Å². The van der Waals surface area contributed by atoms with E-state index in [1.165, 1.54) is 4.90 Å². The average molecular weight is 456 g/mol. The van der Waals surface area contributed by atoms with Crippen LogP contribution in [0.2, 0.25) is 0 Å². The number of carbonyl (C=O) groups is 4. The topological polar surface area (TPSA) is 117 Å². The van der Waals surface area contributed by atoms with E-state index in [4.69, 9.17) is 4.74 Å². The van der Waals surface area contributed by atoms with Gasteiger partial charge in [0, 0.05) is 23.5 Å². The van der Waals surface area contributed by atoms with Gasteiger partial charge < -0.3 is 10.1 Å². The summed E-state index contributed by atoms with van der Waals surface area (Å²) in [6.45, 7) is 0. The Labute approximate surface area is 194 Å². The molecule has 2 aliphatic rings. The zero-order valence-corrected chi connectivity index (χ0v) is 17.9. The minimum absolute atomic E-state index is 0.00577. The molecule has 0 radical (unpaired) electrons. The summed E-state index contributed by atoms with van der Waals surface area (Å²) in [6, 6.07) is 22.8. The smallest absolute Gasteiger partial charge is 0.328 e. The quantitative estimate of drug-likeness (QED) is 0.507. The maximum Gasteiger partial charge on any atom is 0.328 e. The molecule has 3 N–H and O–H groups in total. The molecule has 0 bridgehead atoms. The number of anilines is 3. The molecule has 5 amide bonds. The summed E-state index contributed by atoms with van der Waals surface area (Å²) in [7, 11) is 0. The Morgan fingerprint density at radius 1 is 0.735 bits per heavy atom. The van der Waals surface area contributed by atoms with Crippen LogP contribution in [-0.4, -0.2) is 29.3 Å². The van der Waals surface area contributed by atoms with Gasteiger partial charge in [0.2, 0.25) is 11.4 Å². The maximum atomic E-state index is 12.6. The number of ether oxygens (including phenoxy) is 1. The van der Waals surface area contributed by atoms with Gasteiger partial charge in [-0.1, -0.05) is 18.2 Å². The van der Waals surface area contributed by atoms with Crippen molar-refractivity contribution in [2.75, 3.05) is 10.2 Å². The van der Waals surface area contributed by atoms with Crippen molar-refractivity contribution in [2.24, 2.45) is 0 Å². The minimum atomic E-state index is -1.77. The molecule has 34 heavy (non-hydrogen) atoms. The van der Waals surface area contributed by atoms with Crippen LogP contribution in [0.15, 0.2) is 78.9 Å². The first-order valence-electron chi connectivity index (χ1n) is 10.7. The highest BCUT2D eigenvalue weighted by atomic mass is 16.5. The Morgan fingerprint density at radius 3 is 1.91 bits per heavy atom. The molecule has 0 aliphatic carbocycles. The molecule has 2 heterocycles. The van der Waals surface area contributed by atoms with Crippen molar-refractivity contribution in [1.29, 1.82) is 0 Å². The van der Waals surface area contributed by atoms with Crippen molar-refractivity contribution in [3.8, 4) is 11.5 Å². The number of hydrogen-bond donors (Lipinski definition) is 3. The van der Waals surface area contributed by atoms with Gasteiger partial charge >= 0.3 is 6.03 Å². The maximum absolute atomic E-state index is 12.6. The number of carbonyl (C=O) groups excluding carboxylic acids is 4. The van der Waals surface area contributed by atoms with Gasteiger partial charge in [-0.2, -0.15) is 0 Å². The lowest BCUT2D eigenvalue weighted by Crippen LogP contribution is -2.72. The zero-order valence-electron chi connectivity index (χ0n) is 17.9. The summed E-state index contributed by atoms with van der Waals surface area (Å²) in [6.07, 6.45) is 0.0145. The van der Waals surface area contributed by atoms with E-state index in [-0.39, 0.29) is 18.7 Å². The third-order valence-electron chi connectivity index (χ3n) is 5.78. The first kappa shape index (κ1) is 21.2. The van der Waals surface area contributed by atoms with Crippen LogP contribution in [0.5, 0.6) is 11.5 Å². The Balaban J connectivity index is 1.32. The van der Waals surface area contributed by atoms with E-state index in [1.54, 1.807) is 24.3 Å². The number of barbiturate groups is 1. The van der Waals surface area contributed by atoms with Crippen molar-refractivity contribution in [1.82, 2.24) is 10.6 Å². The third kappa shape index (κ3) is 3.73. The standard InChI is InChI=1S/C25H20N4O5/c30-21-14-15-25(22(31)27-24(33)28-23(25)32)29(21)18-10-6-16(7-11-18)26-17-8-12-20(13-9-17)34-19-4-2-1-3-5-19/h1-13,26H,14-15H2,(H2,27,28,31,32,33). The molecule has 9 heteroatoms. The highest BCUT2D eigenvalue weighted by molar-refractivity contribution is 6.28. The van der Waals surface area contributed by atoms with Crippen molar-refractivity contribution in [2.45, 2.75) is 18.4 Å². The highest BCUT2D eigenvalue weighted by Gasteiger charge is 2.60. The molecule has 5 rings (SSSR count). The van der Waals surface area contributed by atoms with Gasteiger partial charge in [0.25, 0.3) is 11.8 Å². The molecular formula is C25H20N4O5. The summed E-state index contributed by atoms with van der Waals surface area (Å²) in [5.74, 6) is -0.515. The van der Waals surface area contributed by atoms with Crippen LogP contribution in [0.4, 0.5) is 21.9 Å². The SMILES string of the molecule is O=C1NC(=O)C2(CCC(=O)N2c2ccc(Nc3ccc(Oc4ccccc4)cc3)cc2)C(=O)N1. The fourth-order valence-corrected chi connectivity index (χ4v) is 4.16. The van der Waals surface area contributed by atoms with E-state index in [1.807, 2.05) is 54.6 Å². The molecule has 9 nitrogen and oxygen atoms in total. The van der Waals surface area contributed by atoms with Gasteiger partial charge in [-0.05, 0) is 67.1 Å². The molecule has 3 aromatic rings. The predicted octanol–water partition coefficient (Wildman–Crippen LogP) is 3.45. The monoisotopic (exact) mass is 456 g/mol. The number of nitrogens with zero attached hydrogens (tertiary/aromatic N) is 1. The van der Waals surface area contributed by atoms with E-state index >= 15 is 0 Å². The fraction of sp³-hybridized carbons (Fsp3) is 0.120. The van der Waals surface area contributed by atoms with Gasteiger partial charge in [-0.3, -0.25) is 29.9 Å². The van der Waals surface area contributed by atoms with E-state index in [2.05, 4.69) is 16.0 Å². The van der Waals surface area contributed by atoms with Crippen molar-refractivity contribution in [3.63, 3.8) is 0 Å². The Morgan fingerprint density at radius 2 is 1.29 bits per heavy atom. The van der Waals surface area contributed by atoms with Crippen LogP contribution < -0.4 is 25.6 Å². The number of hydrogen-bond acceptors (Lipinski definition) is 6. The van der Waals surface area contributed by atoms with Gasteiger partial charge in [-0.15, -0.1) is 0 Å². The number of nitrogens with one attached hydrogen (secondary N) is 3. The number of rotatable bonds is 5. The van der Waals surface area contributed by atoms with Gasteiger partial charge in [0.1, 0.15) is 11.5 Å². The summed E-state index contributed by atoms with van der Waals surface area (Å²) in [4.78, 5) is 50.5. The van der Waals surface area contributed by atoms with Gasteiger partial charge in [-0.25, -0.2) is 4.79 Å². The second kappa shape index (κ2) is 8.36. The lowest BCUT2D eigenvalue weighted by atomic mass is 9.91. The summed E-state index contributed by atoms with van der Waals surface area (Å²) in [5.41, 5.74) is 0.189. The van der Waals surface area contributed by atoms with Crippen molar-refractivity contribution < 1.29 is 23.9 Å². The number of benzene rings is 3. The lowest BCUT2D eigenvalue weighted by Gasteiger charge is -2.37. The molecule has 3 aromatic carbocycles. The lowest BCUT2D eigenvalue weighted by molar-refractivity contribution is -0.138. The fourth-order valence-electron chi connectivity index (χ4n) is 4.16. The van der Waals surface area contributed by atoms with E-state index in [9.17, 15) is 19.2 Å². The van der Waals surface area contributed by atoms with E-state index in [0.717, 1.165) is 17.1 Å². The summed E-state index contributed by atoms with van der Waals surface area (Å²) >= 11 is 0. The number of imide groups is 2. The first-order valence-corrected chi connectivity index (χ1v) is 10.7. The first-order chi connectivity index (χ1) is 16.5. The van der Waals surface area contributed by atoms with E-state index in [0.29, 0.717) is 11.4 Å². The Bertz CT molecular complexity index is 1250. The zero-order chi connectivity index (χ0) is 23.7. The third-order valence-corrected chi connectivity index (χ3v) is 5.78. The molecule has 1 spiro atoms. The molecule has 0 unspecified atom stereocenters. The molecule has 170 valence electrons. The Hall–Kier alpha value is -4.66. The van der Waals surface area contributed by atoms with Crippen molar-refractivity contribution >= 4 is 40.8 Å². The van der Waals surface area contributed by atoms with Crippen LogP contribution in [0.1, 0.15) is 12.8 Å². The van der Waals surface area contributed by atoms with Crippen LogP contribution in [0.25, 0.3) is 0 Å². The molecule has 2 saturated heterocycles. The summed E-state index contributed by atoms with van der Waals surface area (Å²) in [5, 5.41) is 7.46. The molecule has 0 aromatic heterocycles. The minimum Gasteiger partial charge on any atom is -0.457 e. The number of para-hydroxylation sites is 1. The largest absolute Gasteiger partial charge is 0.457 e. The molecule has 0 saturated carbocycles. The normalized spacial score (nSPS) is 16.9. The van der Waals surface area contributed by atoms with Crippen LogP contribution in [0, 0.1) is 0 Å². The molecule has 2 aliphatic heterocycles. The average Bonchev–Trinajstić information content (AvgIpc) is 3.18. The second-order valence-corrected chi connectivity index (χ2v) is 7.94. The van der Waals surface area contributed by atoms with Crippen LogP contribution in [0.3, 0.4) is 0 Å². The van der Waals surface area contributed by atoms with Crippen LogP contribution >= 0.6 is 0 Å². The molecular weight excluding hydrogens is 436 g/mol. The molecule has 0 atom stereocenters. The predicted molar refractivity (Wildman–Crippen MR) is 124 cm³/mol. The van der Waals surface area contributed by atoms with Gasteiger partial charge in [0.05, 0.1) is 0 Å². The molecule has 2 fully saturated rings. The van der Waals surface area contributed by atoms with Crippen molar-refractivity contribution in [3.05, 3.63) is 78.9 Å². The highest BCUT2D eigenvalue weighted by Crippen LogP contribution is 2.37.